The van der Waals surface area contributed by atoms with Crippen molar-refractivity contribution < 1.29 is 4.74 Å². The Morgan fingerprint density at radius 2 is 2.17 bits per heavy atom. The minimum Gasteiger partial charge on any atom is -0.383 e. The second-order valence-electron chi connectivity index (χ2n) is 7.37. The summed E-state index contributed by atoms with van der Waals surface area (Å²) in [6.07, 6.45) is 4.36. The predicted octanol–water partition coefficient (Wildman–Crippen LogP) is 4.81. The van der Waals surface area contributed by atoms with E-state index in [1.54, 1.807) is 23.0 Å². The number of H-pyrrole nitrogens is 1. The largest absolute Gasteiger partial charge is 0.383 e. The Morgan fingerprint density at radius 3 is 3.03 bits per heavy atom. The zero-order valence-electron chi connectivity index (χ0n) is 16.5. The van der Waals surface area contributed by atoms with E-state index in [1.165, 1.54) is 28.6 Å². The molecule has 6 nitrogen and oxygen atoms in total. The number of methoxy groups -OCH3 is 1. The molecule has 1 aromatic carbocycles. The second-order valence-corrected chi connectivity index (χ2v) is 9.83. The Bertz CT molecular complexity index is 1290. The van der Waals surface area contributed by atoms with Crippen LogP contribution in [0.4, 0.5) is 0 Å². The van der Waals surface area contributed by atoms with Gasteiger partial charge in [0, 0.05) is 17.0 Å². The molecule has 0 aliphatic heterocycles. The Labute approximate surface area is 186 Å². The molecule has 4 aromatic rings. The van der Waals surface area contributed by atoms with Crippen LogP contribution in [0.25, 0.3) is 21.3 Å². The summed E-state index contributed by atoms with van der Waals surface area (Å²) in [7, 11) is 1.65. The quantitative estimate of drug-likeness (QED) is 0.330. The first-order chi connectivity index (χ1) is 14.6. The maximum atomic E-state index is 13.4. The van der Waals surface area contributed by atoms with Crippen molar-refractivity contribution in [1.29, 1.82) is 0 Å². The van der Waals surface area contributed by atoms with Gasteiger partial charge in [0.15, 0.2) is 5.16 Å². The van der Waals surface area contributed by atoms with Crippen molar-refractivity contribution in [1.82, 2.24) is 19.5 Å². The number of hydrogen-bond donors (Lipinski definition) is 1. The third-order valence-corrected chi connectivity index (χ3v) is 7.80. The van der Waals surface area contributed by atoms with Gasteiger partial charge < -0.3 is 9.72 Å². The highest BCUT2D eigenvalue weighted by Crippen LogP contribution is 2.35. The SMILES string of the molecule is COCCn1c(SCc2nc3ccc(Cl)cc3[nH]2)nc2sc3c(c2c1=O)CCCC3. The van der Waals surface area contributed by atoms with E-state index < -0.39 is 0 Å². The average Bonchev–Trinajstić information content (AvgIpc) is 3.31. The van der Waals surface area contributed by atoms with E-state index in [4.69, 9.17) is 21.3 Å². The molecule has 1 aliphatic carbocycles. The molecule has 0 fully saturated rings. The predicted molar refractivity (Wildman–Crippen MR) is 123 cm³/mol. The van der Waals surface area contributed by atoms with E-state index in [9.17, 15) is 4.79 Å². The number of ether oxygens (including phenoxy) is 1. The van der Waals surface area contributed by atoms with Crippen molar-refractivity contribution in [3.63, 3.8) is 0 Å². The third kappa shape index (κ3) is 3.66. The number of nitrogens with one attached hydrogen (secondary N) is 1. The molecule has 3 heterocycles. The molecule has 0 saturated carbocycles. The van der Waals surface area contributed by atoms with Gasteiger partial charge in [-0.3, -0.25) is 9.36 Å². The molecular formula is C21H21ClN4O2S2. The number of thiophene rings is 1. The zero-order valence-corrected chi connectivity index (χ0v) is 18.9. The second kappa shape index (κ2) is 8.34. The maximum Gasteiger partial charge on any atom is 0.263 e. The van der Waals surface area contributed by atoms with Crippen molar-refractivity contribution in [3.05, 3.63) is 49.8 Å². The van der Waals surface area contributed by atoms with E-state index in [0.717, 1.165) is 46.3 Å². The van der Waals surface area contributed by atoms with Crippen molar-refractivity contribution in [2.24, 2.45) is 0 Å². The van der Waals surface area contributed by atoms with Gasteiger partial charge in [-0.25, -0.2) is 9.97 Å². The fourth-order valence-electron chi connectivity index (χ4n) is 3.95. The summed E-state index contributed by atoms with van der Waals surface area (Å²) in [5.74, 6) is 1.41. The third-order valence-electron chi connectivity index (χ3n) is 5.39. The molecule has 0 spiro atoms. The number of aromatic amines is 1. The molecule has 0 atom stereocenters. The van der Waals surface area contributed by atoms with Crippen LogP contribution < -0.4 is 5.56 Å². The molecule has 0 radical (unpaired) electrons. The molecule has 156 valence electrons. The lowest BCUT2D eigenvalue weighted by molar-refractivity contribution is 0.183. The van der Waals surface area contributed by atoms with Gasteiger partial charge in [0.2, 0.25) is 0 Å². The first-order valence-electron chi connectivity index (χ1n) is 9.95. The summed E-state index contributed by atoms with van der Waals surface area (Å²) in [6.45, 7) is 0.955. The number of thioether (sulfide) groups is 1. The monoisotopic (exact) mass is 460 g/mol. The van der Waals surface area contributed by atoms with E-state index in [0.29, 0.717) is 29.1 Å². The lowest BCUT2D eigenvalue weighted by Crippen LogP contribution is -2.25. The van der Waals surface area contributed by atoms with Crippen molar-refractivity contribution in [2.45, 2.75) is 43.1 Å². The number of halogens is 1. The minimum absolute atomic E-state index is 0.0512. The number of fused-ring (bicyclic) bond motifs is 4. The van der Waals surface area contributed by atoms with Gasteiger partial charge in [-0.1, -0.05) is 23.4 Å². The molecule has 0 bridgehead atoms. The summed E-state index contributed by atoms with van der Waals surface area (Å²) in [5.41, 5.74) is 3.05. The molecule has 3 aromatic heterocycles. The first kappa shape index (κ1) is 20.1. The van der Waals surface area contributed by atoms with Gasteiger partial charge in [0.05, 0.1) is 35.3 Å². The fourth-order valence-corrected chi connectivity index (χ4v) is 6.32. The molecule has 1 N–H and O–H groups in total. The smallest absolute Gasteiger partial charge is 0.263 e. The van der Waals surface area contributed by atoms with Gasteiger partial charge in [0.1, 0.15) is 10.7 Å². The molecule has 0 amide bonds. The van der Waals surface area contributed by atoms with Crippen LogP contribution in [-0.2, 0) is 29.9 Å². The van der Waals surface area contributed by atoms with Crippen LogP contribution in [0.2, 0.25) is 5.02 Å². The molecule has 9 heteroatoms. The summed E-state index contributed by atoms with van der Waals surface area (Å²) in [6, 6.07) is 5.60. The lowest BCUT2D eigenvalue weighted by atomic mass is 9.97. The molecule has 0 unspecified atom stereocenters. The highest BCUT2D eigenvalue weighted by Gasteiger charge is 2.22. The Kier molecular flexibility index (Phi) is 5.58. The van der Waals surface area contributed by atoms with Crippen LogP contribution >= 0.6 is 34.7 Å². The van der Waals surface area contributed by atoms with Crippen LogP contribution in [0, 0.1) is 0 Å². The number of hydrogen-bond acceptors (Lipinski definition) is 6. The normalized spacial score (nSPS) is 13.9. The highest BCUT2D eigenvalue weighted by molar-refractivity contribution is 7.98. The van der Waals surface area contributed by atoms with Gasteiger partial charge in [-0.15, -0.1) is 11.3 Å². The van der Waals surface area contributed by atoms with E-state index >= 15 is 0 Å². The first-order valence-corrected chi connectivity index (χ1v) is 12.1. The zero-order chi connectivity index (χ0) is 20.7. The topological polar surface area (TPSA) is 72.8 Å². The molecule has 1 aliphatic rings. The number of nitrogens with zero attached hydrogens (tertiary/aromatic N) is 3. The maximum absolute atomic E-state index is 13.4. The number of aromatic nitrogens is 4. The van der Waals surface area contributed by atoms with Gasteiger partial charge in [0.25, 0.3) is 5.56 Å². The Morgan fingerprint density at radius 1 is 1.30 bits per heavy atom. The number of aryl methyl sites for hydroxylation is 2. The van der Waals surface area contributed by atoms with Crippen molar-refractivity contribution in [2.75, 3.05) is 13.7 Å². The van der Waals surface area contributed by atoms with Crippen molar-refractivity contribution in [3.8, 4) is 0 Å². The van der Waals surface area contributed by atoms with Crippen LogP contribution in [0.1, 0.15) is 29.1 Å². The van der Waals surface area contributed by atoms with Crippen LogP contribution in [0.15, 0.2) is 28.2 Å². The number of imidazole rings is 1. The van der Waals surface area contributed by atoms with Gasteiger partial charge in [-0.2, -0.15) is 0 Å². The molecule has 30 heavy (non-hydrogen) atoms. The van der Waals surface area contributed by atoms with E-state index in [1.807, 2.05) is 18.2 Å². The molecule has 5 rings (SSSR count). The van der Waals surface area contributed by atoms with E-state index in [2.05, 4.69) is 9.97 Å². The summed E-state index contributed by atoms with van der Waals surface area (Å²) in [4.78, 5) is 28.4. The Hall–Kier alpha value is -1.87. The summed E-state index contributed by atoms with van der Waals surface area (Å²) < 4.78 is 7.01. The standard InChI is InChI=1S/C21H21ClN4O2S2/c1-28-9-8-26-20(27)18-13-4-2-3-5-16(13)30-19(18)25-21(26)29-11-17-23-14-7-6-12(22)10-15(14)24-17/h6-7,10H,2-5,8-9,11H2,1H3,(H,23,24). The molecular weight excluding hydrogens is 440 g/mol. The highest BCUT2D eigenvalue weighted by atomic mass is 35.5. The van der Waals surface area contributed by atoms with Gasteiger partial charge >= 0.3 is 0 Å². The lowest BCUT2D eigenvalue weighted by Gasteiger charge is -2.13. The van der Waals surface area contributed by atoms with E-state index in [-0.39, 0.29) is 5.56 Å². The van der Waals surface area contributed by atoms with Crippen molar-refractivity contribution >= 4 is 55.9 Å². The minimum atomic E-state index is 0.0512. The van der Waals surface area contributed by atoms with Gasteiger partial charge in [-0.05, 0) is 49.4 Å². The summed E-state index contributed by atoms with van der Waals surface area (Å²) in [5, 5.41) is 2.20. The van der Waals surface area contributed by atoms with Crippen LogP contribution in [0.3, 0.4) is 0 Å². The number of rotatable bonds is 6. The average molecular weight is 461 g/mol. The molecule has 0 saturated heterocycles. The number of benzene rings is 1. The Balaban J connectivity index is 1.52. The fraction of sp³-hybridized carbons (Fsp3) is 0.381. The van der Waals surface area contributed by atoms with Crippen LogP contribution in [0.5, 0.6) is 0 Å². The van der Waals surface area contributed by atoms with Crippen LogP contribution in [-0.4, -0.2) is 33.2 Å². The summed E-state index contributed by atoms with van der Waals surface area (Å²) >= 11 is 9.28.